The van der Waals surface area contributed by atoms with Gasteiger partial charge in [-0.3, -0.25) is 4.79 Å². The molecule has 0 saturated carbocycles. The Morgan fingerprint density at radius 1 is 0.875 bits per heavy atom. The van der Waals surface area contributed by atoms with E-state index in [1.807, 2.05) is 21.1 Å². The average molecular weight is 345 g/mol. The number of carbonyl (C=O) groups is 1. The second-order valence-corrected chi connectivity index (χ2v) is 8.08. The van der Waals surface area contributed by atoms with Gasteiger partial charge < -0.3 is 19.3 Å². The van der Waals surface area contributed by atoms with Crippen LogP contribution in [0.25, 0.3) is 0 Å². The molecule has 0 aromatic carbocycles. The van der Waals surface area contributed by atoms with Crippen molar-refractivity contribution in [3.8, 4) is 0 Å². The Balaban J connectivity index is 4.10. The Kier molecular flexibility index (Phi) is 10.8. The van der Waals surface area contributed by atoms with Gasteiger partial charge in [0.1, 0.15) is 0 Å². The van der Waals surface area contributed by atoms with E-state index in [1.54, 1.807) is 4.90 Å². The first-order chi connectivity index (χ1) is 11.0. The molecule has 1 amide bonds. The summed E-state index contributed by atoms with van der Waals surface area (Å²) < 4.78 is 11.8. The fourth-order valence-corrected chi connectivity index (χ4v) is 2.17. The van der Waals surface area contributed by atoms with E-state index in [2.05, 4.69) is 39.5 Å². The molecular weight excluding hydrogens is 304 g/mol. The van der Waals surface area contributed by atoms with E-state index in [1.165, 1.54) is 0 Å². The van der Waals surface area contributed by atoms with Gasteiger partial charge in [0.25, 0.3) is 0 Å². The van der Waals surface area contributed by atoms with Gasteiger partial charge in [-0.2, -0.15) is 0 Å². The number of carbonyl (C=O) groups excluding carboxylic acids is 1. The summed E-state index contributed by atoms with van der Waals surface area (Å²) in [7, 11) is 5.90. The van der Waals surface area contributed by atoms with Crippen LogP contribution in [0.1, 0.15) is 60.3 Å². The summed E-state index contributed by atoms with van der Waals surface area (Å²) in [6.45, 7) is 13.5. The maximum Gasteiger partial charge on any atom is 0.222 e. The number of hydrogen-bond donors (Lipinski definition) is 0. The fourth-order valence-electron chi connectivity index (χ4n) is 2.17. The maximum absolute atomic E-state index is 12.2. The summed E-state index contributed by atoms with van der Waals surface area (Å²) in [6, 6.07) is 0. The highest BCUT2D eigenvalue weighted by molar-refractivity contribution is 5.75. The highest BCUT2D eigenvalue weighted by Gasteiger charge is 2.24. The van der Waals surface area contributed by atoms with Crippen molar-refractivity contribution >= 4 is 5.91 Å². The summed E-state index contributed by atoms with van der Waals surface area (Å²) in [5.41, 5.74) is -0.451. The third kappa shape index (κ3) is 11.8. The molecule has 0 aromatic rings. The van der Waals surface area contributed by atoms with Crippen LogP contribution in [0.15, 0.2) is 0 Å². The zero-order valence-electron chi connectivity index (χ0n) is 17.3. The monoisotopic (exact) mass is 344 g/mol. The highest BCUT2D eigenvalue weighted by Crippen LogP contribution is 2.21. The molecule has 5 heteroatoms. The molecule has 0 heterocycles. The van der Waals surface area contributed by atoms with Gasteiger partial charge >= 0.3 is 0 Å². The molecule has 0 N–H and O–H groups in total. The molecular formula is C19H40N2O3. The van der Waals surface area contributed by atoms with E-state index in [-0.39, 0.29) is 17.1 Å². The zero-order chi connectivity index (χ0) is 18.8. The lowest BCUT2D eigenvalue weighted by molar-refractivity contribution is -0.132. The van der Waals surface area contributed by atoms with Crippen LogP contribution in [-0.4, -0.2) is 74.4 Å². The molecule has 0 saturated heterocycles. The maximum atomic E-state index is 12.2. The van der Waals surface area contributed by atoms with Gasteiger partial charge in [-0.25, -0.2) is 0 Å². The first-order valence-corrected chi connectivity index (χ1v) is 9.16. The third-order valence-electron chi connectivity index (χ3n) is 4.14. The van der Waals surface area contributed by atoms with Crippen molar-refractivity contribution in [1.29, 1.82) is 0 Å². The molecule has 0 unspecified atom stereocenters. The van der Waals surface area contributed by atoms with Crippen molar-refractivity contribution in [2.24, 2.45) is 0 Å². The second-order valence-electron chi connectivity index (χ2n) is 8.08. The van der Waals surface area contributed by atoms with E-state index in [0.717, 1.165) is 39.0 Å². The van der Waals surface area contributed by atoms with Gasteiger partial charge in [-0.15, -0.1) is 0 Å². The van der Waals surface area contributed by atoms with E-state index in [4.69, 9.17) is 9.47 Å². The van der Waals surface area contributed by atoms with Crippen LogP contribution in [0.4, 0.5) is 0 Å². The Morgan fingerprint density at radius 3 is 1.96 bits per heavy atom. The molecule has 0 spiro atoms. The Bertz CT molecular complexity index is 355. The summed E-state index contributed by atoms with van der Waals surface area (Å²) in [5.74, 6) is 0.181. The Hall–Kier alpha value is -0.650. The predicted molar refractivity (Wildman–Crippen MR) is 100 cm³/mol. The van der Waals surface area contributed by atoms with E-state index in [0.29, 0.717) is 13.0 Å². The molecule has 0 rings (SSSR count). The molecule has 0 fully saturated rings. The number of hydrogen-bond acceptors (Lipinski definition) is 4. The number of likely N-dealkylation sites (N-methyl/N-ethyl adjacent to an activating group) is 2. The normalized spacial score (nSPS) is 12.7. The zero-order valence-corrected chi connectivity index (χ0v) is 17.3. The molecule has 0 radical (unpaired) electrons. The first-order valence-electron chi connectivity index (χ1n) is 9.16. The molecule has 0 aliphatic carbocycles. The quantitative estimate of drug-likeness (QED) is 0.515. The first kappa shape index (κ1) is 23.4. The average Bonchev–Trinajstić information content (AvgIpc) is 2.47. The minimum atomic E-state index is -0.293. The minimum absolute atomic E-state index is 0.158. The van der Waals surface area contributed by atoms with Gasteiger partial charge in [0.15, 0.2) is 0 Å². The summed E-state index contributed by atoms with van der Waals surface area (Å²) in [6.07, 6.45) is 3.13. The fraction of sp³-hybridized carbons (Fsp3) is 0.947. The standard InChI is InChI=1S/C19H40N2O3/c1-9-15-23-19(4,5)12-16-24-18(2,3)11-10-17(22)21(8)14-13-20(6)7/h9-16H2,1-8H3. The third-order valence-corrected chi connectivity index (χ3v) is 4.14. The molecule has 24 heavy (non-hydrogen) atoms. The van der Waals surface area contributed by atoms with Gasteiger partial charge in [0, 0.05) is 33.2 Å². The van der Waals surface area contributed by atoms with Gasteiger partial charge in [0.2, 0.25) is 5.91 Å². The second kappa shape index (κ2) is 11.1. The molecule has 0 atom stereocenters. The van der Waals surface area contributed by atoms with Gasteiger partial charge in [-0.1, -0.05) is 6.92 Å². The minimum Gasteiger partial charge on any atom is -0.375 e. The van der Waals surface area contributed by atoms with Crippen molar-refractivity contribution in [3.63, 3.8) is 0 Å². The Labute approximate surface area is 149 Å². The largest absolute Gasteiger partial charge is 0.375 e. The lowest BCUT2D eigenvalue weighted by Gasteiger charge is -2.30. The van der Waals surface area contributed by atoms with Crippen molar-refractivity contribution in [1.82, 2.24) is 9.80 Å². The van der Waals surface area contributed by atoms with Crippen molar-refractivity contribution < 1.29 is 14.3 Å². The number of nitrogens with zero attached hydrogens (tertiary/aromatic N) is 2. The topological polar surface area (TPSA) is 42.0 Å². The van der Waals surface area contributed by atoms with Crippen LogP contribution < -0.4 is 0 Å². The lowest BCUT2D eigenvalue weighted by atomic mass is 10.0. The summed E-state index contributed by atoms with van der Waals surface area (Å²) >= 11 is 0. The Morgan fingerprint density at radius 2 is 1.42 bits per heavy atom. The van der Waals surface area contributed by atoms with Gasteiger partial charge in [0.05, 0.1) is 17.8 Å². The van der Waals surface area contributed by atoms with Crippen LogP contribution >= 0.6 is 0 Å². The van der Waals surface area contributed by atoms with Crippen LogP contribution in [0.5, 0.6) is 0 Å². The van der Waals surface area contributed by atoms with E-state index < -0.39 is 0 Å². The smallest absolute Gasteiger partial charge is 0.222 e. The number of rotatable bonds is 13. The van der Waals surface area contributed by atoms with Gasteiger partial charge in [-0.05, 0) is 61.1 Å². The number of amides is 1. The summed E-state index contributed by atoms with van der Waals surface area (Å²) in [4.78, 5) is 16.1. The predicted octanol–water partition coefficient (Wildman–Crippen LogP) is 3.18. The molecule has 0 bridgehead atoms. The van der Waals surface area contributed by atoms with Crippen molar-refractivity contribution in [3.05, 3.63) is 0 Å². The van der Waals surface area contributed by atoms with Crippen LogP contribution in [0.3, 0.4) is 0 Å². The van der Waals surface area contributed by atoms with Crippen molar-refractivity contribution in [2.45, 2.75) is 71.5 Å². The molecule has 0 aliphatic heterocycles. The molecule has 5 nitrogen and oxygen atoms in total. The van der Waals surface area contributed by atoms with E-state index in [9.17, 15) is 4.79 Å². The molecule has 0 aromatic heterocycles. The highest BCUT2D eigenvalue weighted by atomic mass is 16.5. The van der Waals surface area contributed by atoms with Crippen LogP contribution in [0.2, 0.25) is 0 Å². The van der Waals surface area contributed by atoms with E-state index >= 15 is 0 Å². The van der Waals surface area contributed by atoms with Crippen LogP contribution in [0, 0.1) is 0 Å². The number of ether oxygens (including phenoxy) is 2. The summed E-state index contributed by atoms with van der Waals surface area (Å²) in [5, 5.41) is 0. The molecule has 0 aliphatic rings. The van der Waals surface area contributed by atoms with Crippen LogP contribution in [-0.2, 0) is 14.3 Å². The SMILES string of the molecule is CCCOC(C)(C)CCOC(C)(C)CCC(=O)N(C)CCN(C)C. The van der Waals surface area contributed by atoms with Crippen molar-refractivity contribution in [2.75, 3.05) is 47.4 Å². The molecule has 144 valence electrons. The lowest BCUT2D eigenvalue weighted by Crippen LogP contribution is -2.35.